The Morgan fingerprint density at radius 1 is 1.33 bits per heavy atom. The van der Waals surface area contributed by atoms with E-state index in [0.29, 0.717) is 0 Å². The minimum absolute atomic E-state index is 0. The Morgan fingerprint density at radius 3 is 2.22 bits per heavy atom. The van der Waals surface area contributed by atoms with Crippen molar-refractivity contribution >= 4 is 12.4 Å². The summed E-state index contributed by atoms with van der Waals surface area (Å²) in [6, 6.07) is 0. The zero-order chi connectivity index (χ0) is 5.82. The van der Waals surface area contributed by atoms with E-state index in [9.17, 15) is 0 Å². The van der Waals surface area contributed by atoms with Crippen LogP contribution in [0.3, 0.4) is 0 Å². The number of nitrogens with zero attached hydrogens (tertiary/aromatic N) is 1. The molecule has 0 unspecified atom stereocenters. The van der Waals surface area contributed by atoms with Crippen molar-refractivity contribution in [1.29, 1.82) is 0 Å². The molecule has 0 aromatic rings. The van der Waals surface area contributed by atoms with E-state index in [-0.39, 0.29) is 12.4 Å². The van der Waals surface area contributed by atoms with E-state index in [2.05, 4.69) is 15.8 Å². The molecule has 2 N–H and O–H groups in total. The first-order valence-corrected chi connectivity index (χ1v) is 3.06. The fraction of sp³-hybridized carbons (Fsp3) is 1.00. The van der Waals surface area contributed by atoms with E-state index < -0.39 is 0 Å². The summed E-state index contributed by atoms with van der Waals surface area (Å²) in [5.41, 5.74) is 3.10. The Bertz CT molecular complexity index is 63.2. The van der Waals surface area contributed by atoms with E-state index >= 15 is 0 Å². The SMILES string of the molecule is CNN1CCNCC1.Cl. The molecule has 0 aromatic carbocycles. The summed E-state index contributed by atoms with van der Waals surface area (Å²) in [6.07, 6.45) is 0. The first-order valence-electron chi connectivity index (χ1n) is 3.06. The molecule has 1 fully saturated rings. The first-order chi connectivity index (χ1) is 3.93. The third-order valence-electron chi connectivity index (χ3n) is 1.43. The van der Waals surface area contributed by atoms with Crippen molar-refractivity contribution in [3.8, 4) is 0 Å². The fourth-order valence-electron chi connectivity index (χ4n) is 0.888. The number of hydrogen-bond donors (Lipinski definition) is 2. The quantitative estimate of drug-likeness (QED) is 0.527. The number of nitrogens with one attached hydrogen (secondary N) is 2. The molecule has 1 heterocycles. The van der Waals surface area contributed by atoms with Gasteiger partial charge in [0.2, 0.25) is 0 Å². The zero-order valence-corrected chi connectivity index (χ0v) is 6.50. The van der Waals surface area contributed by atoms with Crippen molar-refractivity contribution in [1.82, 2.24) is 15.8 Å². The highest BCUT2D eigenvalue weighted by Gasteiger charge is 2.04. The lowest BCUT2D eigenvalue weighted by Crippen LogP contribution is -2.48. The predicted octanol–water partition coefficient (Wildman–Crippen LogP) is -0.552. The minimum atomic E-state index is 0. The minimum Gasteiger partial charge on any atom is -0.314 e. The van der Waals surface area contributed by atoms with Crippen LogP contribution in [0.5, 0.6) is 0 Å². The normalized spacial score (nSPS) is 21.0. The summed E-state index contributed by atoms with van der Waals surface area (Å²) in [5, 5.41) is 5.47. The van der Waals surface area contributed by atoms with Crippen LogP contribution >= 0.6 is 12.4 Å². The van der Waals surface area contributed by atoms with Crippen LogP contribution in [0.4, 0.5) is 0 Å². The van der Waals surface area contributed by atoms with Crippen molar-refractivity contribution < 1.29 is 0 Å². The highest BCUT2D eigenvalue weighted by Crippen LogP contribution is 1.82. The average Bonchev–Trinajstić information content (AvgIpc) is 1.90. The molecule has 4 heteroatoms. The van der Waals surface area contributed by atoms with Crippen LogP contribution < -0.4 is 10.7 Å². The molecule has 0 amide bonds. The summed E-state index contributed by atoms with van der Waals surface area (Å²) >= 11 is 0. The molecule has 0 bridgehead atoms. The van der Waals surface area contributed by atoms with E-state index in [4.69, 9.17) is 0 Å². The van der Waals surface area contributed by atoms with Crippen LogP contribution in [0.15, 0.2) is 0 Å². The topological polar surface area (TPSA) is 27.3 Å². The fourth-order valence-corrected chi connectivity index (χ4v) is 0.888. The van der Waals surface area contributed by atoms with Crippen LogP contribution in [0.25, 0.3) is 0 Å². The van der Waals surface area contributed by atoms with Gasteiger partial charge >= 0.3 is 0 Å². The maximum atomic E-state index is 3.27. The van der Waals surface area contributed by atoms with Gasteiger partial charge in [0, 0.05) is 26.2 Å². The van der Waals surface area contributed by atoms with Crippen LogP contribution in [0.2, 0.25) is 0 Å². The van der Waals surface area contributed by atoms with E-state index in [0.717, 1.165) is 26.2 Å². The van der Waals surface area contributed by atoms with Crippen LogP contribution in [0.1, 0.15) is 0 Å². The highest BCUT2D eigenvalue weighted by atomic mass is 35.5. The summed E-state index contributed by atoms with van der Waals surface area (Å²) in [6.45, 7) is 4.47. The maximum Gasteiger partial charge on any atom is 0.0256 e. The molecule has 1 aliphatic heterocycles. The Balaban J connectivity index is 0.000000640. The molecule has 9 heavy (non-hydrogen) atoms. The molecular weight excluding hydrogens is 138 g/mol. The van der Waals surface area contributed by atoms with Gasteiger partial charge in [-0.05, 0) is 7.05 Å². The molecule has 0 spiro atoms. The van der Waals surface area contributed by atoms with Gasteiger partial charge in [0.15, 0.2) is 0 Å². The molecule has 0 aliphatic carbocycles. The molecule has 3 nitrogen and oxygen atoms in total. The third-order valence-corrected chi connectivity index (χ3v) is 1.43. The number of piperazine rings is 1. The highest BCUT2D eigenvalue weighted by molar-refractivity contribution is 5.85. The summed E-state index contributed by atoms with van der Waals surface area (Å²) in [7, 11) is 1.96. The van der Waals surface area contributed by atoms with Crippen molar-refractivity contribution in [3.63, 3.8) is 0 Å². The largest absolute Gasteiger partial charge is 0.314 e. The lowest BCUT2D eigenvalue weighted by molar-refractivity contribution is 0.182. The van der Waals surface area contributed by atoms with Gasteiger partial charge < -0.3 is 5.32 Å². The second-order valence-electron chi connectivity index (χ2n) is 1.96. The number of halogens is 1. The smallest absolute Gasteiger partial charge is 0.0256 e. The van der Waals surface area contributed by atoms with Gasteiger partial charge in [-0.1, -0.05) is 0 Å². The monoisotopic (exact) mass is 151 g/mol. The Hall–Kier alpha value is 0.170. The maximum absolute atomic E-state index is 3.27. The van der Waals surface area contributed by atoms with E-state index in [1.807, 2.05) is 7.05 Å². The number of rotatable bonds is 1. The molecule has 0 atom stereocenters. The molecule has 0 radical (unpaired) electrons. The van der Waals surface area contributed by atoms with Gasteiger partial charge in [-0.2, -0.15) is 0 Å². The number of hydrazine groups is 1. The van der Waals surface area contributed by atoms with Gasteiger partial charge in [-0.3, -0.25) is 5.43 Å². The van der Waals surface area contributed by atoms with Crippen LogP contribution in [-0.4, -0.2) is 38.2 Å². The Morgan fingerprint density at radius 2 is 1.89 bits per heavy atom. The van der Waals surface area contributed by atoms with Gasteiger partial charge in [0.25, 0.3) is 0 Å². The summed E-state index contributed by atoms with van der Waals surface area (Å²) < 4.78 is 0. The molecule has 0 saturated carbocycles. The lowest BCUT2D eigenvalue weighted by atomic mass is 10.4. The van der Waals surface area contributed by atoms with Crippen molar-refractivity contribution in [2.24, 2.45) is 0 Å². The molecule has 56 valence electrons. The van der Waals surface area contributed by atoms with E-state index in [1.165, 1.54) is 0 Å². The van der Waals surface area contributed by atoms with Crippen LogP contribution in [0, 0.1) is 0 Å². The summed E-state index contributed by atoms with van der Waals surface area (Å²) in [4.78, 5) is 0. The van der Waals surface area contributed by atoms with Crippen molar-refractivity contribution in [2.75, 3.05) is 33.2 Å². The first kappa shape index (κ1) is 9.17. The molecular formula is C5H14ClN3. The standard InChI is InChI=1S/C5H13N3.ClH/c1-6-8-4-2-7-3-5-8;/h6-7H,2-5H2,1H3;1H. The van der Waals surface area contributed by atoms with Crippen molar-refractivity contribution in [2.45, 2.75) is 0 Å². The van der Waals surface area contributed by atoms with Gasteiger partial charge in [-0.25, -0.2) is 5.01 Å². The van der Waals surface area contributed by atoms with Gasteiger partial charge in [0.1, 0.15) is 0 Å². The lowest BCUT2D eigenvalue weighted by Gasteiger charge is -2.25. The zero-order valence-electron chi connectivity index (χ0n) is 5.68. The Kier molecular flexibility index (Phi) is 5.09. The van der Waals surface area contributed by atoms with Crippen molar-refractivity contribution in [3.05, 3.63) is 0 Å². The van der Waals surface area contributed by atoms with Gasteiger partial charge in [-0.15, -0.1) is 12.4 Å². The predicted molar refractivity (Wildman–Crippen MR) is 40.8 cm³/mol. The Labute approximate surface area is 62.2 Å². The average molecular weight is 152 g/mol. The summed E-state index contributed by atoms with van der Waals surface area (Å²) in [5.74, 6) is 0. The van der Waals surface area contributed by atoms with Crippen LogP contribution in [-0.2, 0) is 0 Å². The molecule has 1 rings (SSSR count). The molecule has 1 aliphatic rings. The van der Waals surface area contributed by atoms with E-state index in [1.54, 1.807) is 0 Å². The number of hydrogen-bond acceptors (Lipinski definition) is 3. The molecule has 1 saturated heterocycles. The third kappa shape index (κ3) is 3.01. The second kappa shape index (κ2) is 4.99. The molecule has 0 aromatic heterocycles. The second-order valence-corrected chi connectivity index (χ2v) is 1.96. The van der Waals surface area contributed by atoms with Gasteiger partial charge in [0.05, 0.1) is 0 Å².